The van der Waals surface area contributed by atoms with Gasteiger partial charge in [0.1, 0.15) is 0 Å². The third-order valence-corrected chi connectivity index (χ3v) is 4.49. The molecule has 7 heteroatoms. The van der Waals surface area contributed by atoms with Gasteiger partial charge in [0.2, 0.25) is 0 Å². The molecular formula is C19H12Cl2N2O3. The smallest absolute Gasteiger partial charge is 0.269 e. The molecule has 0 aromatic heterocycles. The molecule has 0 bridgehead atoms. The molecule has 1 amide bonds. The predicted molar refractivity (Wildman–Crippen MR) is 103 cm³/mol. The zero-order chi connectivity index (χ0) is 18.7. The normalized spacial score (nSPS) is 10.4. The van der Waals surface area contributed by atoms with Crippen LogP contribution in [0.2, 0.25) is 10.0 Å². The maximum absolute atomic E-state index is 12.5. The highest BCUT2D eigenvalue weighted by atomic mass is 35.5. The van der Waals surface area contributed by atoms with Gasteiger partial charge in [-0.05, 0) is 42.0 Å². The maximum atomic E-state index is 12.5. The number of nitro groups is 1. The number of hydrogen-bond donors (Lipinski definition) is 1. The first-order chi connectivity index (χ1) is 12.5. The lowest BCUT2D eigenvalue weighted by atomic mass is 10.0. The van der Waals surface area contributed by atoms with E-state index in [1.165, 1.54) is 18.2 Å². The van der Waals surface area contributed by atoms with Crippen LogP contribution in [0.1, 0.15) is 10.4 Å². The fourth-order valence-electron chi connectivity index (χ4n) is 2.44. The van der Waals surface area contributed by atoms with E-state index < -0.39 is 4.92 Å². The SMILES string of the molecule is O=C(Nc1ccccc1-c1ccc([N+](=O)[O-])cc1)c1ccc(Cl)c(Cl)c1. The van der Waals surface area contributed by atoms with Crippen LogP contribution < -0.4 is 5.32 Å². The predicted octanol–water partition coefficient (Wildman–Crippen LogP) is 5.82. The fraction of sp³-hybridized carbons (Fsp3) is 0. The van der Waals surface area contributed by atoms with Crippen LogP contribution in [0.25, 0.3) is 11.1 Å². The Morgan fingerprint density at radius 2 is 1.62 bits per heavy atom. The summed E-state index contributed by atoms with van der Waals surface area (Å²) in [6.45, 7) is 0. The van der Waals surface area contributed by atoms with Gasteiger partial charge in [0, 0.05) is 28.9 Å². The third kappa shape index (κ3) is 3.85. The number of carbonyl (C=O) groups is 1. The van der Waals surface area contributed by atoms with Crippen LogP contribution >= 0.6 is 23.2 Å². The summed E-state index contributed by atoms with van der Waals surface area (Å²) < 4.78 is 0. The van der Waals surface area contributed by atoms with Crippen molar-refractivity contribution in [3.05, 3.63) is 92.5 Å². The van der Waals surface area contributed by atoms with Crippen molar-refractivity contribution in [1.29, 1.82) is 0 Å². The number of para-hydroxylation sites is 1. The van der Waals surface area contributed by atoms with Crippen LogP contribution in [0.4, 0.5) is 11.4 Å². The Morgan fingerprint density at radius 1 is 0.923 bits per heavy atom. The highest BCUT2D eigenvalue weighted by Gasteiger charge is 2.12. The van der Waals surface area contributed by atoms with Gasteiger partial charge in [-0.25, -0.2) is 0 Å². The van der Waals surface area contributed by atoms with E-state index in [1.807, 2.05) is 12.1 Å². The van der Waals surface area contributed by atoms with Crippen molar-refractivity contribution in [3.63, 3.8) is 0 Å². The summed E-state index contributed by atoms with van der Waals surface area (Å²) in [5.74, 6) is -0.335. The summed E-state index contributed by atoms with van der Waals surface area (Å²) in [6, 6.07) is 18.0. The highest BCUT2D eigenvalue weighted by Crippen LogP contribution is 2.30. The zero-order valence-corrected chi connectivity index (χ0v) is 14.8. The van der Waals surface area contributed by atoms with E-state index in [-0.39, 0.29) is 11.6 Å². The second-order valence-electron chi connectivity index (χ2n) is 5.43. The molecule has 0 unspecified atom stereocenters. The molecule has 130 valence electrons. The Kier molecular flexibility index (Phi) is 5.21. The molecule has 3 rings (SSSR count). The number of benzene rings is 3. The van der Waals surface area contributed by atoms with Gasteiger partial charge in [0.25, 0.3) is 11.6 Å². The van der Waals surface area contributed by atoms with Crippen molar-refractivity contribution in [2.75, 3.05) is 5.32 Å². The monoisotopic (exact) mass is 386 g/mol. The molecule has 0 spiro atoms. The van der Waals surface area contributed by atoms with Gasteiger partial charge in [0.05, 0.1) is 15.0 Å². The molecule has 0 radical (unpaired) electrons. The highest BCUT2D eigenvalue weighted by molar-refractivity contribution is 6.42. The Balaban J connectivity index is 1.90. The van der Waals surface area contributed by atoms with E-state index in [0.29, 0.717) is 21.3 Å². The number of nitro benzene ring substituents is 1. The minimum Gasteiger partial charge on any atom is -0.321 e. The van der Waals surface area contributed by atoms with E-state index in [1.54, 1.807) is 36.4 Å². The number of rotatable bonds is 4. The Hall–Kier alpha value is -2.89. The zero-order valence-electron chi connectivity index (χ0n) is 13.3. The van der Waals surface area contributed by atoms with Crippen molar-refractivity contribution in [1.82, 2.24) is 0 Å². The standard InChI is InChI=1S/C19H12Cl2N2O3/c20-16-10-7-13(11-17(16)21)19(24)22-18-4-2-1-3-15(18)12-5-8-14(9-6-12)23(25)26/h1-11H,(H,22,24). The van der Waals surface area contributed by atoms with Crippen LogP contribution in [0.15, 0.2) is 66.7 Å². The summed E-state index contributed by atoms with van der Waals surface area (Å²) in [5, 5.41) is 14.3. The molecule has 0 aliphatic rings. The largest absolute Gasteiger partial charge is 0.321 e. The topological polar surface area (TPSA) is 72.2 Å². The van der Waals surface area contributed by atoms with Gasteiger partial charge in [-0.15, -0.1) is 0 Å². The summed E-state index contributed by atoms with van der Waals surface area (Å²) in [5.41, 5.74) is 2.46. The number of nitrogens with one attached hydrogen (secondary N) is 1. The van der Waals surface area contributed by atoms with Crippen molar-refractivity contribution in [2.45, 2.75) is 0 Å². The van der Waals surface area contributed by atoms with Gasteiger partial charge < -0.3 is 5.32 Å². The third-order valence-electron chi connectivity index (χ3n) is 3.75. The molecule has 5 nitrogen and oxygen atoms in total. The average Bonchev–Trinajstić information content (AvgIpc) is 2.64. The van der Waals surface area contributed by atoms with Gasteiger partial charge >= 0.3 is 0 Å². The lowest BCUT2D eigenvalue weighted by molar-refractivity contribution is -0.384. The van der Waals surface area contributed by atoms with Crippen molar-refractivity contribution >= 4 is 40.5 Å². The molecular weight excluding hydrogens is 375 g/mol. The van der Waals surface area contributed by atoms with Crippen molar-refractivity contribution < 1.29 is 9.72 Å². The minimum absolute atomic E-state index is 0.00562. The molecule has 3 aromatic carbocycles. The molecule has 26 heavy (non-hydrogen) atoms. The Bertz CT molecular complexity index is 988. The molecule has 0 atom stereocenters. The first-order valence-corrected chi connectivity index (χ1v) is 8.31. The van der Waals surface area contributed by atoms with Crippen LogP contribution in [0.5, 0.6) is 0 Å². The van der Waals surface area contributed by atoms with Gasteiger partial charge in [-0.2, -0.15) is 0 Å². The van der Waals surface area contributed by atoms with E-state index in [4.69, 9.17) is 23.2 Å². The van der Waals surface area contributed by atoms with Crippen LogP contribution in [-0.4, -0.2) is 10.8 Å². The second kappa shape index (κ2) is 7.56. The first kappa shape index (κ1) is 17.9. The molecule has 3 aromatic rings. The van der Waals surface area contributed by atoms with Gasteiger partial charge in [0.15, 0.2) is 0 Å². The quantitative estimate of drug-likeness (QED) is 0.453. The molecule has 0 aliphatic carbocycles. The van der Waals surface area contributed by atoms with Gasteiger partial charge in [-0.1, -0.05) is 41.4 Å². The van der Waals surface area contributed by atoms with Crippen LogP contribution in [0, 0.1) is 10.1 Å². The molecule has 0 aliphatic heterocycles. The minimum atomic E-state index is -0.457. The molecule has 1 N–H and O–H groups in total. The number of amides is 1. The lowest BCUT2D eigenvalue weighted by Gasteiger charge is -2.11. The molecule has 0 saturated carbocycles. The summed E-state index contributed by atoms with van der Waals surface area (Å²) in [7, 11) is 0. The number of anilines is 1. The second-order valence-corrected chi connectivity index (χ2v) is 6.25. The number of hydrogen-bond acceptors (Lipinski definition) is 3. The number of halogens is 2. The van der Waals surface area contributed by atoms with E-state index in [2.05, 4.69) is 5.32 Å². The summed E-state index contributed by atoms with van der Waals surface area (Å²) >= 11 is 11.8. The Labute approximate surface area is 159 Å². The van der Waals surface area contributed by atoms with E-state index in [0.717, 1.165) is 11.1 Å². The maximum Gasteiger partial charge on any atom is 0.269 e. The number of carbonyl (C=O) groups excluding carboxylic acids is 1. The fourth-order valence-corrected chi connectivity index (χ4v) is 2.74. The first-order valence-electron chi connectivity index (χ1n) is 7.56. The molecule has 0 heterocycles. The average molecular weight is 387 g/mol. The van der Waals surface area contributed by atoms with Crippen LogP contribution in [0.3, 0.4) is 0 Å². The van der Waals surface area contributed by atoms with Crippen molar-refractivity contribution in [3.8, 4) is 11.1 Å². The van der Waals surface area contributed by atoms with Crippen molar-refractivity contribution in [2.24, 2.45) is 0 Å². The lowest BCUT2D eigenvalue weighted by Crippen LogP contribution is -2.12. The van der Waals surface area contributed by atoms with E-state index >= 15 is 0 Å². The van der Waals surface area contributed by atoms with Gasteiger partial charge in [-0.3, -0.25) is 14.9 Å². The van der Waals surface area contributed by atoms with Crippen LogP contribution in [-0.2, 0) is 0 Å². The molecule has 0 saturated heterocycles. The molecule has 0 fully saturated rings. The number of non-ortho nitro benzene ring substituents is 1. The number of nitrogens with zero attached hydrogens (tertiary/aromatic N) is 1. The summed E-state index contributed by atoms with van der Waals surface area (Å²) in [4.78, 5) is 22.8. The Morgan fingerprint density at radius 3 is 2.27 bits per heavy atom. The summed E-state index contributed by atoms with van der Waals surface area (Å²) in [6.07, 6.45) is 0. The van der Waals surface area contributed by atoms with E-state index in [9.17, 15) is 14.9 Å².